The van der Waals surface area contributed by atoms with Crippen molar-refractivity contribution in [1.82, 2.24) is 4.90 Å². The Labute approximate surface area is 135 Å². The molecule has 23 heavy (non-hydrogen) atoms. The fraction of sp³-hybridized carbons (Fsp3) is 0.444. The first-order valence-electron chi connectivity index (χ1n) is 8.06. The molecule has 2 unspecified atom stereocenters. The Hall–Kier alpha value is -1.85. The van der Waals surface area contributed by atoms with E-state index in [-0.39, 0.29) is 5.82 Å². The molecule has 1 N–H and O–H groups in total. The molecule has 0 saturated carbocycles. The van der Waals surface area contributed by atoms with Gasteiger partial charge in [0.15, 0.2) is 0 Å². The molecule has 1 aromatic heterocycles. The lowest BCUT2D eigenvalue weighted by atomic mass is 10.1. The summed E-state index contributed by atoms with van der Waals surface area (Å²) in [6.45, 7) is 2.37. The van der Waals surface area contributed by atoms with E-state index in [0.717, 1.165) is 25.9 Å². The lowest BCUT2D eigenvalue weighted by molar-refractivity contribution is 0.0961. The zero-order valence-corrected chi connectivity index (χ0v) is 13.0. The number of furan rings is 1. The average molecular weight is 319 g/mol. The first-order valence-corrected chi connectivity index (χ1v) is 8.06. The van der Waals surface area contributed by atoms with Crippen molar-refractivity contribution < 1.29 is 18.7 Å². The fourth-order valence-corrected chi connectivity index (χ4v) is 3.12. The molecule has 1 aromatic carbocycles. The van der Waals surface area contributed by atoms with Crippen LogP contribution in [0.3, 0.4) is 0 Å². The predicted octanol–water partition coefficient (Wildman–Crippen LogP) is 3.39. The molecule has 1 aliphatic rings. The first kappa shape index (κ1) is 16.0. The second kappa shape index (κ2) is 7.62. The minimum atomic E-state index is -0.561. The van der Waals surface area contributed by atoms with E-state index in [1.165, 1.54) is 12.1 Å². The maximum absolute atomic E-state index is 12.8. The zero-order chi connectivity index (χ0) is 16.1. The van der Waals surface area contributed by atoms with Crippen LogP contribution in [0.1, 0.15) is 31.1 Å². The molecular weight excluding hydrogens is 297 g/mol. The molecule has 2 atom stereocenters. The third-order valence-corrected chi connectivity index (χ3v) is 4.33. The number of likely N-dealkylation sites (tertiary alicyclic amines) is 1. The SMILES string of the molecule is OC(CC1CCCN1CCOc1ccc(F)cc1)c1ccco1. The summed E-state index contributed by atoms with van der Waals surface area (Å²) in [4.78, 5) is 2.34. The molecule has 2 aromatic rings. The van der Waals surface area contributed by atoms with E-state index >= 15 is 0 Å². The summed E-state index contributed by atoms with van der Waals surface area (Å²) in [5.41, 5.74) is 0. The minimum Gasteiger partial charge on any atom is -0.492 e. The number of hydrogen-bond acceptors (Lipinski definition) is 4. The lowest BCUT2D eigenvalue weighted by Crippen LogP contribution is -2.34. The highest BCUT2D eigenvalue weighted by atomic mass is 19.1. The van der Waals surface area contributed by atoms with Crippen LogP contribution in [0, 0.1) is 5.82 Å². The Kier molecular flexibility index (Phi) is 5.31. The van der Waals surface area contributed by atoms with Crippen molar-refractivity contribution in [3.63, 3.8) is 0 Å². The fourth-order valence-electron chi connectivity index (χ4n) is 3.12. The monoisotopic (exact) mass is 319 g/mol. The summed E-state index contributed by atoms with van der Waals surface area (Å²) < 4.78 is 23.8. The molecule has 0 radical (unpaired) electrons. The van der Waals surface area contributed by atoms with Crippen LogP contribution >= 0.6 is 0 Å². The van der Waals surface area contributed by atoms with Crippen LogP contribution in [0.4, 0.5) is 4.39 Å². The highest BCUT2D eigenvalue weighted by Crippen LogP contribution is 2.27. The van der Waals surface area contributed by atoms with Crippen LogP contribution in [-0.2, 0) is 0 Å². The van der Waals surface area contributed by atoms with Gasteiger partial charge in [0.2, 0.25) is 0 Å². The van der Waals surface area contributed by atoms with Crippen molar-refractivity contribution in [2.75, 3.05) is 19.7 Å². The molecule has 0 aliphatic carbocycles. The van der Waals surface area contributed by atoms with Gasteiger partial charge in [0, 0.05) is 12.6 Å². The maximum Gasteiger partial charge on any atom is 0.132 e. The molecule has 3 rings (SSSR count). The molecular formula is C18H22FNO3. The second-order valence-corrected chi connectivity index (χ2v) is 5.90. The number of halogens is 1. The number of ether oxygens (including phenoxy) is 1. The Morgan fingerprint density at radius 2 is 2.13 bits per heavy atom. The zero-order valence-electron chi connectivity index (χ0n) is 13.0. The van der Waals surface area contributed by atoms with Gasteiger partial charge in [-0.15, -0.1) is 0 Å². The largest absolute Gasteiger partial charge is 0.492 e. The topological polar surface area (TPSA) is 45.8 Å². The molecule has 124 valence electrons. The van der Waals surface area contributed by atoms with Gasteiger partial charge < -0.3 is 14.3 Å². The van der Waals surface area contributed by atoms with Gasteiger partial charge in [0.25, 0.3) is 0 Å². The van der Waals surface area contributed by atoms with Crippen LogP contribution in [0.25, 0.3) is 0 Å². The molecule has 0 bridgehead atoms. The van der Waals surface area contributed by atoms with Crippen molar-refractivity contribution in [3.05, 3.63) is 54.2 Å². The van der Waals surface area contributed by atoms with Crippen LogP contribution in [0.2, 0.25) is 0 Å². The van der Waals surface area contributed by atoms with Crippen molar-refractivity contribution >= 4 is 0 Å². The van der Waals surface area contributed by atoms with Gasteiger partial charge in [-0.25, -0.2) is 4.39 Å². The van der Waals surface area contributed by atoms with Crippen molar-refractivity contribution in [2.45, 2.75) is 31.4 Å². The summed E-state index contributed by atoms with van der Waals surface area (Å²) in [6.07, 6.45) is 3.90. The normalized spacial score (nSPS) is 19.8. The number of rotatable bonds is 7. The highest BCUT2D eigenvalue weighted by molar-refractivity contribution is 5.22. The van der Waals surface area contributed by atoms with Gasteiger partial charge in [-0.05, 0) is 62.2 Å². The van der Waals surface area contributed by atoms with Crippen molar-refractivity contribution in [1.29, 1.82) is 0 Å². The quantitative estimate of drug-likeness (QED) is 0.850. The van der Waals surface area contributed by atoms with Crippen LogP contribution in [0.15, 0.2) is 47.1 Å². The van der Waals surface area contributed by atoms with Crippen LogP contribution in [-0.4, -0.2) is 35.7 Å². The molecule has 0 amide bonds. The van der Waals surface area contributed by atoms with Gasteiger partial charge in [-0.1, -0.05) is 0 Å². The Morgan fingerprint density at radius 3 is 2.87 bits per heavy atom. The maximum atomic E-state index is 12.8. The predicted molar refractivity (Wildman–Crippen MR) is 84.8 cm³/mol. The number of aliphatic hydroxyl groups is 1. The summed E-state index contributed by atoms with van der Waals surface area (Å²) in [5.74, 6) is 1.04. The highest BCUT2D eigenvalue weighted by Gasteiger charge is 2.27. The van der Waals surface area contributed by atoms with Gasteiger partial charge in [-0.2, -0.15) is 0 Å². The van der Waals surface area contributed by atoms with Crippen molar-refractivity contribution in [2.24, 2.45) is 0 Å². The van der Waals surface area contributed by atoms with Gasteiger partial charge in [0.05, 0.1) is 6.26 Å². The van der Waals surface area contributed by atoms with E-state index in [1.807, 2.05) is 6.07 Å². The number of aliphatic hydroxyl groups excluding tert-OH is 1. The Balaban J connectivity index is 1.46. The van der Waals surface area contributed by atoms with E-state index in [2.05, 4.69) is 4.90 Å². The Bertz CT molecular complexity index is 585. The number of benzene rings is 1. The third-order valence-electron chi connectivity index (χ3n) is 4.33. The van der Waals surface area contributed by atoms with Gasteiger partial charge in [0.1, 0.15) is 30.0 Å². The number of nitrogens with zero attached hydrogens (tertiary/aromatic N) is 1. The van der Waals surface area contributed by atoms with Gasteiger partial charge in [-0.3, -0.25) is 4.90 Å². The summed E-state index contributed by atoms with van der Waals surface area (Å²) in [5, 5.41) is 10.2. The van der Waals surface area contributed by atoms with Crippen molar-refractivity contribution in [3.8, 4) is 5.75 Å². The van der Waals surface area contributed by atoms with E-state index in [9.17, 15) is 9.50 Å². The third kappa shape index (κ3) is 4.33. The Morgan fingerprint density at radius 1 is 1.30 bits per heavy atom. The molecule has 1 fully saturated rings. The molecule has 1 saturated heterocycles. The summed E-state index contributed by atoms with van der Waals surface area (Å²) in [6, 6.07) is 10.0. The second-order valence-electron chi connectivity index (χ2n) is 5.90. The summed E-state index contributed by atoms with van der Waals surface area (Å²) in [7, 11) is 0. The standard InChI is InChI=1S/C18H22FNO3/c19-14-5-7-16(8-6-14)22-12-10-20-9-1-3-15(20)13-17(21)18-4-2-11-23-18/h2,4-8,11,15,17,21H,1,3,9-10,12-13H2. The smallest absolute Gasteiger partial charge is 0.132 e. The van der Waals surface area contributed by atoms with Crippen LogP contribution in [0.5, 0.6) is 5.75 Å². The van der Waals surface area contributed by atoms with E-state index in [4.69, 9.17) is 9.15 Å². The molecule has 1 aliphatic heterocycles. The molecule has 0 spiro atoms. The minimum absolute atomic E-state index is 0.260. The molecule has 4 nitrogen and oxygen atoms in total. The lowest BCUT2D eigenvalue weighted by Gasteiger charge is -2.25. The summed E-state index contributed by atoms with van der Waals surface area (Å²) >= 11 is 0. The molecule has 5 heteroatoms. The van der Waals surface area contributed by atoms with Crippen LogP contribution < -0.4 is 4.74 Å². The first-order chi connectivity index (χ1) is 11.2. The molecule has 2 heterocycles. The van der Waals surface area contributed by atoms with E-state index < -0.39 is 6.10 Å². The van der Waals surface area contributed by atoms with E-state index in [1.54, 1.807) is 24.5 Å². The van der Waals surface area contributed by atoms with Gasteiger partial charge >= 0.3 is 0 Å². The number of hydrogen-bond donors (Lipinski definition) is 1. The van der Waals surface area contributed by atoms with E-state index in [0.29, 0.717) is 30.6 Å². The average Bonchev–Trinajstić information content (AvgIpc) is 3.21.